The van der Waals surface area contributed by atoms with Crippen LogP contribution in [-0.2, 0) is 4.79 Å². The van der Waals surface area contributed by atoms with Gasteiger partial charge in [0.05, 0.1) is 12.6 Å². The molecule has 182 valence electrons. The zero-order valence-corrected chi connectivity index (χ0v) is 20.1. The fourth-order valence-corrected chi connectivity index (χ4v) is 3.48. The third-order valence-corrected chi connectivity index (χ3v) is 5.45. The molecule has 0 saturated heterocycles. The maximum absolute atomic E-state index is 12.7. The Hall–Kier alpha value is -4.13. The lowest BCUT2D eigenvalue weighted by atomic mass is 10.1. The molecule has 3 aromatic rings. The summed E-state index contributed by atoms with van der Waals surface area (Å²) in [4.78, 5) is 37.4. The highest BCUT2D eigenvalue weighted by Crippen LogP contribution is 2.15. The smallest absolute Gasteiger partial charge is 0.251 e. The van der Waals surface area contributed by atoms with Crippen molar-refractivity contribution < 1.29 is 14.4 Å². The zero-order valence-electron chi connectivity index (χ0n) is 20.1. The second-order valence-electron chi connectivity index (χ2n) is 8.28. The van der Waals surface area contributed by atoms with Crippen LogP contribution in [0.5, 0.6) is 0 Å². The third kappa shape index (κ3) is 7.99. The molecule has 1 atom stereocenters. The van der Waals surface area contributed by atoms with Crippen molar-refractivity contribution in [1.82, 2.24) is 10.6 Å². The Bertz CT molecular complexity index is 1150. The fraction of sp³-hybridized carbons (Fsp3) is 0.250. The van der Waals surface area contributed by atoms with Gasteiger partial charge in [-0.15, -0.1) is 0 Å². The molecule has 0 saturated carbocycles. The Kier molecular flexibility index (Phi) is 9.42. The van der Waals surface area contributed by atoms with E-state index in [1.165, 1.54) is 0 Å². The minimum absolute atomic E-state index is 0.0162. The van der Waals surface area contributed by atoms with E-state index in [9.17, 15) is 14.4 Å². The third-order valence-electron chi connectivity index (χ3n) is 5.45. The highest BCUT2D eigenvalue weighted by atomic mass is 16.2. The molecule has 0 aliphatic heterocycles. The lowest BCUT2D eigenvalue weighted by Crippen LogP contribution is -2.27. The van der Waals surface area contributed by atoms with Gasteiger partial charge < -0.3 is 21.3 Å². The van der Waals surface area contributed by atoms with Crippen LogP contribution in [0.2, 0.25) is 0 Å². The van der Waals surface area contributed by atoms with Crippen LogP contribution in [0.25, 0.3) is 0 Å². The van der Waals surface area contributed by atoms with E-state index >= 15 is 0 Å². The minimum atomic E-state index is -0.266. The number of nitrogens with one attached hydrogen (secondary N) is 4. The topological polar surface area (TPSA) is 99.3 Å². The van der Waals surface area contributed by atoms with E-state index in [2.05, 4.69) is 28.2 Å². The monoisotopic (exact) mass is 472 g/mol. The number of amides is 3. The second-order valence-corrected chi connectivity index (χ2v) is 8.28. The number of rotatable bonds is 11. The number of hydrogen-bond donors (Lipinski definition) is 4. The first-order chi connectivity index (χ1) is 17.0. The van der Waals surface area contributed by atoms with Gasteiger partial charge in [-0.25, -0.2) is 0 Å². The molecule has 0 fully saturated rings. The Morgan fingerprint density at radius 2 is 1.46 bits per heavy atom. The van der Waals surface area contributed by atoms with Crippen LogP contribution < -0.4 is 21.3 Å². The van der Waals surface area contributed by atoms with E-state index in [0.717, 1.165) is 18.4 Å². The summed E-state index contributed by atoms with van der Waals surface area (Å²) in [6.07, 6.45) is 1.94. The summed E-state index contributed by atoms with van der Waals surface area (Å²) in [6, 6.07) is 23.4. The Morgan fingerprint density at radius 3 is 2.17 bits per heavy atom. The maximum atomic E-state index is 12.7. The first-order valence-electron chi connectivity index (χ1n) is 11.8. The van der Waals surface area contributed by atoms with Gasteiger partial charge in [-0.05, 0) is 55.3 Å². The second kappa shape index (κ2) is 12.9. The normalized spacial score (nSPS) is 11.3. The highest BCUT2D eigenvalue weighted by Gasteiger charge is 2.12. The molecule has 0 heterocycles. The van der Waals surface area contributed by atoms with Crippen LogP contribution in [0.1, 0.15) is 59.0 Å². The number of benzene rings is 3. The van der Waals surface area contributed by atoms with E-state index < -0.39 is 0 Å². The molecule has 7 heteroatoms. The van der Waals surface area contributed by atoms with Gasteiger partial charge in [-0.3, -0.25) is 14.4 Å². The van der Waals surface area contributed by atoms with E-state index in [1.54, 1.807) is 48.5 Å². The molecule has 35 heavy (non-hydrogen) atoms. The lowest BCUT2D eigenvalue weighted by Gasteiger charge is -2.15. The summed E-state index contributed by atoms with van der Waals surface area (Å²) in [5.41, 5.74) is 3.21. The van der Waals surface area contributed by atoms with Crippen molar-refractivity contribution in [2.24, 2.45) is 0 Å². The largest absolute Gasteiger partial charge is 0.376 e. The molecular weight excluding hydrogens is 440 g/mol. The van der Waals surface area contributed by atoms with Crippen LogP contribution in [0.3, 0.4) is 0 Å². The SMILES string of the molecule is CCCCNC(=O)c1cccc(NCC(=O)Nc2cccc(C(=O)NC(C)c3ccccc3)c2)c1. The van der Waals surface area contributed by atoms with Crippen molar-refractivity contribution in [2.75, 3.05) is 23.7 Å². The van der Waals surface area contributed by atoms with Gasteiger partial charge in [0, 0.05) is 29.0 Å². The van der Waals surface area contributed by atoms with Gasteiger partial charge in [0.2, 0.25) is 5.91 Å². The zero-order chi connectivity index (χ0) is 25.0. The van der Waals surface area contributed by atoms with Crippen molar-refractivity contribution >= 4 is 29.1 Å². The molecule has 0 radical (unpaired) electrons. The molecule has 3 amide bonds. The first kappa shape index (κ1) is 25.5. The summed E-state index contributed by atoms with van der Waals surface area (Å²) in [6.45, 7) is 4.65. The summed E-state index contributed by atoms with van der Waals surface area (Å²) in [5.74, 6) is -0.620. The van der Waals surface area contributed by atoms with Crippen molar-refractivity contribution in [1.29, 1.82) is 0 Å². The van der Waals surface area contributed by atoms with Crippen molar-refractivity contribution in [3.05, 3.63) is 95.6 Å². The van der Waals surface area contributed by atoms with Gasteiger partial charge in [0.1, 0.15) is 0 Å². The molecule has 0 bridgehead atoms. The summed E-state index contributed by atoms with van der Waals surface area (Å²) in [7, 11) is 0. The minimum Gasteiger partial charge on any atom is -0.376 e. The van der Waals surface area contributed by atoms with E-state index in [1.807, 2.05) is 37.3 Å². The van der Waals surface area contributed by atoms with Crippen LogP contribution in [0.4, 0.5) is 11.4 Å². The van der Waals surface area contributed by atoms with Gasteiger partial charge in [-0.1, -0.05) is 55.8 Å². The molecule has 3 aromatic carbocycles. The molecule has 0 aromatic heterocycles. The van der Waals surface area contributed by atoms with Gasteiger partial charge >= 0.3 is 0 Å². The molecule has 1 unspecified atom stereocenters. The number of unbranched alkanes of at least 4 members (excludes halogenated alkanes) is 1. The van der Waals surface area contributed by atoms with Crippen LogP contribution in [0.15, 0.2) is 78.9 Å². The molecule has 3 rings (SSSR count). The van der Waals surface area contributed by atoms with Crippen LogP contribution in [-0.4, -0.2) is 30.8 Å². The quantitative estimate of drug-likeness (QED) is 0.303. The van der Waals surface area contributed by atoms with Gasteiger partial charge in [-0.2, -0.15) is 0 Å². The highest BCUT2D eigenvalue weighted by molar-refractivity contribution is 5.98. The van der Waals surface area contributed by atoms with E-state index in [-0.39, 0.29) is 30.3 Å². The number of hydrogen-bond acceptors (Lipinski definition) is 4. The predicted molar refractivity (Wildman–Crippen MR) is 140 cm³/mol. The predicted octanol–water partition coefficient (Wildman–Crippen LogP) is 4.76. The van der Waals surface area contributed by atoms with Gasteiger partial charge in [0.25, 0.3) is 11.8 Å². The molecule has 0 spiro atoms. The van der Waals surface area contributed by atoms with E-state index in [0.29, 0.717) is 29.0 Å². The van der Waals surface area contributed by atoms with E-state index in [4.69, 9.17) is 0 Å². The van der Waals surface area contributed by atoms with Crippen molar-refractivity contribution in [3.8, 4) is 0 Å². The Balaban J connectivity index is 1.52. The van der Waals surface area contributed by atoms with Crippen molar-refractivity contribution in [2.45, 2.75) is 32.7 Å². The summed E-state index contributed by atoms with van der Waals surface area (Å²) >= 11 is 0. The number of carbonyl (C=O) groups is 3. The fourth-order valence-electron chi connectivity index (χ4n) is 3.48. The van der Waals surface area contributed by atoms with Crippen molar-refractivity contribution in [3.63, 3.8) is 0 Å². The van der Waals surface area contributed by atoms with Crippen LogP contribution in [0, 0.1) is 0 Å². The summed E-state index contributed by atoms with van der Waals surface area (Å²) < 4.78 is 0. The first-order valence-corrected chi connectivity index (χ1v) is 11.8. The Morgan fingerprint density at radius 1 is 0.800 bits per heavy atom. The standard InChI is InChI=1S/C28H32N4O3/c1-3-4-16-29-27(34)22-12-8-14-24(17-22)30-19-26(33)32-25-15-9-13-23(18-25)28(35)31-20(2)21-10-6-5-7-11-21/h5-15,17-18,20,30H,3-4,16,19H2,1-2H3,(H,29,34)(H,31,35)(H,32,33). The molecule has 7 nitrogen and oxygen atoms in total. The molecule has 4 N–H and O–H groups in total. The Labute approximate surface area is 206 Å². The number of anilines is 2. The average molecular weight is 473 g/mol. The molecule has 0 aliphatic carbocycles. The molecule has 0 aliphatic rings. The molecular formula is C28H32N4O3. The average Bonchev–Trinajstić information content (AvgIpc) is 2.88. The maximum Gasteiger partial charge on any atom is 0.251 e. The summed E-state index contributed by atoms with van der Waals surface area (Å²) in [5, 5.41) is 11.7. The lowest BCUT2D eigenvalue weighted by molar-refractivity contribution is -0.114. The van der Waals surface area contributed by atoms with Gasteiger partial charge in [0.15, 0.2) is 0 Å². The number of carbonyl (C=O) groups excluding carboxylic acids is 3. The van der Waals surface area contributed by atoms with Crippen LogP contribution >= 0.6 is 0 Å².